The Morgan fingerprint density at radius 2 is 1.56 bits per heavy atom. The molecule has 1 amide bonds. The number of rotatable bonds is 7. The molecule has 2 N–H and O–H groups in total. The minimum absolute atomic E-state index is 0.0288. The fourth-order valence-electron chi connectivity index (χ4n) is 4.65. The standard InChI is InChI=1S/C20H36N2O3/c21-20(23)16-5-4-12-22(15-16)13-14-24-17-8-10-19(11-9-17)25-18-6-2-1-3-7-18/h16-19H,1-15H2,(H2,21,23). The van der Waals surface area contributed by atoms with Crippen molar-refractivity contribution in [3.05, 3.63) is 0 Å². The van der Waals surface area contributed by atoms with E-state index in [0.29, 0.717) is 18.3 Å². The third-order valence-corrected chi connectivity index (χ3v) is 6.23. The molecule has 0 spiro atoms. The van der Waals surface area contributed by atoms with E-state index in [0.717, 1.165) is 64.8 Å². The van der Waals surface area contributed by atoms with Crippen molar-refractivity contribution in [1.82, 2.24) is 4.90 Å². The van der Waals surface area contributed by atoms with Crippen molar-refractivity contribution >= 4 is 5.91 Å². The van der Waals surface area contributed by atoms with Crippen LogP contribution in [0.5, 0.6) is 0 Å². The average Bonchev–Trinajstić information content (AvgIpc) is 2.64. The van der Waals surface area contributed by atoms with Crippen molar-refractivity contribution in [2.24, 2.45) is 11.7 Å². The van der Waals surface area contributed by atoms with Crippen LogP contribution in [0.1, 0.15) is 70.6 Å². The lowest BCUT2D eigenvalue weighted by Crippen LogP contribution is -2.42. The highest BCUT2D eigenvalue weighted by molar-refractivity contribution is 5.76. The summed E-state index contributed by atoms with van der Waals surface area (Å²) in [6, 6.07) is 0. The highest BCUT2D eigenvalue weighted by Gasteiger charge is 2.26. The molecule has 0 aromatic heterocycles. The Balaban J connectivity index is 1.27. The van der Waals surface area contributed by atoms with Gasteiger partial charge in [-0.05, 0) is 57.9 Å². The van der Waals surface area contributed by atoms with Gasteiger partial charge in [0.1, 0.15) is 0 Å². The second-order valence-corrected chi connectivity index (χ2v) is 8.21. The van der Waals surface area contributed by atoms with Gasteiger partial charge in [0.15, 0.2) is 0 Å². The first kappa shape index (κ1) is 19.1. The van der Waals surface area contributed by atoms with Crippen molar-refractivity contribution in [2.45, 2.75) is 88.9 Å². The highest BCUT2D eigenvalue weighted by Crippen LogP contribution is 2.28. The number of piperidine rings is 1. The SMILES string of the molecule is NC(=O)C1CCCN(CCOC2CCC(OC3CCCCC3)CC2)C1. The zero-order valence-electron chi connectivity index (χ0n) is 15.7. The molecular formula is C20H36N2O3. The second kappa shape index (κ2) is 9.89. The van der Waals surface area contributed by atoms with Gasteiger partial charge in [0.25, 0.3) is 0 Å². The Bertz CT molecular complexity index is 404. The molecule has 5 heteroatoms. The van der Waals surface area contributed by atoms with Gasteiger partial charge in [-0.15, -0.1) is 0 Å². The topological polar surface area (TPSA) is 64.8 Å². The lowest BCUT2D eigenvalue weighted by atomic mass is 9.93. The summed E-state index contributed by atoms with van der Waals surface area (Å²) in [6.07, 6.45) is 14.5. The van der Waals surface area contributed by atoms with E-state index >= 15 is 0 Å². The van der Waals surface area contributed by atoms with Crippen LogP contribution in [-0.4, -0.2) is 55.4 Å². The Morgan fingerprint density at radius 1 is 0.880 bits per heavy atom. The molecule has 2 aliphatic carbocycles. The van der Waals surface area contributed by atoms with Crippen molar-refractivity contribution in [3.63, 3.8) is 0 Å². The Morgan fingerprint density at radius 3 is 2.28 bits per heavy atom. The van der Waals surface area contributed by atoms with E-state index in [-0.39, 0.29) is 11.8 Å². The summed E-state index contributed by atoms with van der Waals surface area (Å²) in [6.45, 7) is 3.56. The molecule has 5 nitrogen and oxygen atoms in total. The highest BCUT2D eigenvalue weighted by atomic mass is 16.5. The van der Waals surface area contributed by atoms with Crippen LogP contribution in [0, 0.1) is 5.92 Å². The average molecular weight is 353 g/mol. The number of hydrogen-bond acceptors (Lipinski definition) is 4. The van der Waals surface area contributed by atoms with E-state index in [1.807, 2.05) is 0 Å². The van der Waals surface area contributed by atoms with Gasteiger partial charge < -0.3 is 20.1 Å². The van der Waals surface area contributed by atoms with Gasteiger partial charge in [-0.2, -0.15) is 0 Å². The number of carbonyl (C=O) groups excluding carboxylic acids is 1. The molecule has 25 heavy (non-hydrogen) atoms. The van der Waals surface area contributed by atoms with Gasteiger partial charge in [0.05, 0.1) is 30.8 Å². The molecule has 3 rings (SSSR count). The first-order valence-corrected chi connectivity index (χ1v) is 10.5. The van der Waals surface area contributed by atoms with Crippen LogP contribution in [0.15, 0.2) is 0 Å². The number of amides is 1. The zero-order valence-corrected chi connectivity index (χ0v) is 15.7. The van der Waals surface area contributed by atoms with Crippen molar-refractivity contribution in [1.29, 1.82) is 0 Å². The molecule has 1 heterocycles. The van der Waals surface area contributed by atoms with Gasteiger partial charge in [-0.25, -0.2) is 0 Å². The third kappa shape index (κ3) is 6.22. The molecular weight excluding hydrogens is 316 g/mol. The molecule has 144 valence electrons. The maximum atomic E-state index is 11.3. The van der Waals surface area contributed by atoms with E-state index < -0.39 is 0 Å². The number of primary amides is 1. The monoisotopic (exact) mass is 352 g/mol. The van der Waals surface area contributed by atoms with Crippen molar-refractivity contribution in [2.75, 3.05) is 26.2 Å². The van der Waals surface area contributed by atoms with Gasteiger partial charge in [0.2, 0.25) is 5.91 Å². The van der Waals surface area contributed by atoms with Crippen LogP contribution >= 0.6 is 0 Å². The lowest BCUT2D eigenvalue weighted by molar-refractivity contribution is -0.123. The first-order valence-electron chi connectivity index (χ1n) is 10.5. The van der Waals surface area contributed by atoms with Gasteiger partial charge in [0, 0.05) is 13.1 Å². The molecule has 3 aliphatic rings. The second-order valence-electron chi connectivity index (χ2n) is 8.21. The first-order chi connectivity index (χ1) is 12.2. The predicted octanol–water partition coefficient (Wildman–Crippen LogP) is 2.86. The maximum absolute atomic E-state index is 11.3. The Kier molecular flexibility index (Phi) is 7.56. The maximum Gasteiger partial charge on any atom is 0.221 e. The fraction of sp³-hybridized carbons (Fsp3) is 0.950. The molecule has 0 aromatic rings. The number of carbonyl (C=O) groups is 1. The molecule has 0 bridgehead atoms. The van der Waals surface area contributed by atoms with Gasteiger partial charge in [-0.1, -0.05) is 19.3 Å². The third-order valence-electron chi connectivity index (χ3n) is 6.23. The molecule has 1 aliphatic heterocycles. The van der Waals surface area contributed by atoms with E-state index in [9.17, 15) is 4.79 Å². The number of likely N-dealkylation sites (tertiary alicyclic amines) is 1. The zero-order chi connectivity index (χ0) is 17.5. The minimum atomic E-state index is -0.151. The summed E-state index contributed by atoms with van der Waals surface area (Å²) in [4.78, 5) is 13.7. The summed E-state index contributed by atoms with van der Waals surface area (Å²) >= 11 is 0. The summed E-state index contributed by atoms with van der Waals surface area (Å²) in [5.41, 5.74) is 5.45. The van der Waals surface area contributed by atoms with E-state index in [4.69, 9.17) is 15.2 Å². The number of hydrogen-bond donors (Lipinski definition) is 1. The van der Waals surface area contributed by atoms with Crippen molar-refractivity contribution < 1.29 is 14.3 Å². The Labute approximate surface area is 152 Å². The van der Waals surface area contributed by atoms with Crippen LogP contribution in [0.25, 0.3) is 0 Å². The van der Waals surface area contributed by atoms with Crippen LogP contribution < -0.4 is 5.73 Å². The predicted molar refractivity (Wildman–Crippen MR) is 98.3 cm³/mol. The normalized spacial score (nSPS) is 32.6. The smallest absolute Gasteiger partial charge is 0.221 e. The fourth-order valence-corrected chi connectivity index (χ4v) is 4.65. The summed E-state index contributed by atoms with van der Waals surface area (Å²) in [5.74, 6) is -0.122. The number of nitrogens with zero attached hydrogens (tertiary/aromatic N) is 1. The molecule has 1 atom stereocenters. The van der Waals surface area contributed by atoms with Crippen LogP contribution in [0.4, 0.5) is 0 Å². The van der Waals surface area contributed by atoms with Crippen LogP contribution in [0.2, 0.25) is 0 Å². The quantitative estimate of drug-likeness (QED) is 0.765. The van der Waals surface area contributed by atoms with E-state index in [1.165, 1.54) is 32.1 Å². The number of ether oxygens (including phenoxy) is 2. The Hall–Kier alpha value is -0.650. The summed E-state index contributed by atoms with van der Waals surface area (Å²) < 4.78 is 12.4. The van der Waals surface area contributed by atoms with E-state index in [2.05, 4.69) is 4.90 Å². The molecule has 1 unspecified atom stereocenters. The van der Waals surface area contributed by atoms with Crippen LogP contribution in [0.3, 0.4) is 0 Å². The molecule has 2 saturated carbocycles. The molecule has 3 fully saturated rings. The molecule has 1 saturated heterocycles. The van der Waals surface area contributed by atoms with Gasteiger partial charge in [-0.3, -0.25) is 4.79 Å². The van der Waals surface area contributed by atoms with Crippen LogP contribution in [-0.2, 0) is 14.3 Å². The number of nitrogens with two attached hydrogens (primary N) is 1. The van der Waals surface area contributed by atoms with E-state index in [1.54, 1.807) is 0 Å². The minimum Gasteiger partial charge on any atom is -0.377 e. The van der Waals surface area contributed by atoms with Crippen molar-refractivity contribution in [3.8, 4) is 0 Å². The summed E-state index contributed by atoms with van der Waals surface area (Å²) in [5, 5.41) is 0. The molecule has 0 aromatic carbocycles. The lowest BCUT2D eigenvalue weighted by Gasteiger charge is -2.34. The summed E-state index contributed by atoms with van der Waals surface area (Å²) in [7, 11) is 0. The molecule has 0 radical (unpaired) electrons. The van der Waals surface area contributed by atoms with Gasteiger partial charge >= 0.3 is 0 Å². The largest absolute Gasteiger partial charge is 0.377 e.